The highest BCUT2D eigenvalue weighted by Gasteiger charge is 2.18. The van der Waals surface area contributed by atoms with Crippen LogP contribution in [0.25, 0.3) is 32.3 Å². The third-order valence-electron chi connectivity index (χ3n) is 6.19. The van der Waals surface area contributed by atoms with E-state index in [1.165, 1.54) is 10.8 Å². The quantitative estimate of drug-likeness (QED) is 0.159. The van der Waals surface area contributed by atoms with Crippen LogP contribution in [0, 0.1) is 69.0 Å². The molecule has 4 rings (SSSR count). The Morgan fingerprint density at radius 3 is 0.725 bits per heavy atom. The molecule has 0 unspecified atom stereocenters. The molecule has 0 amide bonds. The zero-order valence-electron chi connectivity index (χ0n) is 26.5. The molecule has 0 aromatic heterocycles. The second kappa shape index (κ2) is 9.97. The summed E-state index contributed by atoms with van der Waals surface area (Å²) in [6.45, 7) is 25.8. The van der Waals surface area contributed by atoms with Crippen molar-refractivity contribution in [1.29, 1.82) is 0 Å². The van der Waals surface area contributed by atoms with Crippen molar-refractivity contribution < 1.29 is 0 Å². The fourth-order valence-corrected chi connectivity index (χ4v) is 4.43. The van der Waals surface area contributed by atoms with E-state index in [2.05, 4.69) is 167 Å². The minimum absolute atomic E-state index is 0.105. The monoisotopic (exact) mass is 522 g/mol. The maximum atomic E-state index is 3.52. The Hall–Kier alpha value is -3.84. The Morgan fingerprint density at radius 1 is 0.350 bits per heavy atom. The van der Waals surface area contributed by atoms with E-state index >= 15 is 0 Å². The average Bonchev–Trinajstić information content (AvgIpc) is 2.81. The molecule has 0 saturated carbocycles. The van der Waals surface area contributed by atoms with Crippen LogP contribution in [0.15, 0.2) is 36.4 Å². The highest BCUT2D eigenvalue weighted by atomic mass is 14.2. The first-order valence-electron chi connectivity index (χ1n) is 14.2. The van der Waals surface area contributed by atoms with Crippen LogP contribution in [-0.4, -0.2) is 0 Å². The maximum absolute atomic E-state index is 3.52. The summed E-state index contributed by atoms with van der Waals surface area (Å²) >= 11 is 0. The van der Waals surface area contributed by atoms with Crippen molar-refractivity contribution in [3.63, 3.8) is 0 Å². The summed E-state index contributed by atoms with van der Waals surface area (Å²) in [5.74, 6) is 28.0. The van der Waals surface area contributed by atoms with Gasteiger partial charge in [-0.2, -0.15) is 0 Å². The Labute approximate surface area is 242 Å². The topological polar surface area (TPSA) is 0 Å². The van der Waals surface area contributed by atoms with Gasteiger partial charge in [0.05, 0.1) is 0 Å². The van der Waals surface area contributed by atoms with E-state index in [1.54, 1.807) is 0 Å². The summed E-state index contributed by atoms with van der Waals surface area (Å²) in [4.78, 5) is 0. The molecule has 202 valence electrons. The van der Waals surface area contributed by atoms with Crippen molar-refractivity contribution in [2.75, 3.05) is 0 Å². The zero-order chi connectivity index (χ0) is 29.7. The van der Waals surface area contributed by atoms with Gasteiger partial charge in [-0.3, -0.25) is 0 Å². The molecular formula is C40H42. The third kappa shape index (κ3) is 6.83. The van der Waals surface area contributed by atoms with Crippen molar-refractivity contribution in [2.45, 2.75) is 83.1 Å². The first kappa shape index (κ1) is 29.2. The lowest BCUT2D eigenvalue weighted by molar-refractivity contribution is 0.570. The van der Waals surface area contributed by atoms with Crippen LogP contribution in [0.5, 0.6) is 0 Å². The van der Waals surface area contributed by atoms with Gasteiger partial charge in [-0.05, 0) is 128 Å². The van der Waals surface area contributed by atoms with E-state index in [0.29, 0.717) is 0 Å². The summed E-state index contributed by atoms with van der Waals surface area (Å²) in [6.07, 6.45) is 0. The SMILES string of the molecule is CC(C)(C)C#Cc1cc(C#CC(C)(C)C)c2ccc3c(C#CC(C)(C)C)cc(C#CC(C)(C)C)c4ccc1c2c43. The van der Waals surface area contributed by atoms with E-state index in [1.807, 2.05) is 0 Å². The third-order valence-corrected chi connectivity index (χ3v) is 6.19. The number of benzene rings is 4. The standard InChI is InChI=1S/C40H42/c1-37(2,3)21-17-27-25-28(18-22-38(4,5)6)32-15-16-34-30(20-24-40(10,11)12)26-29(19-23-39(7,8)9)33-14-13-31(27)35(32)36(33)34/h13-16,25-26H,1-12H3. The predicted molar refractivity (Wildman–Crippen MR) is 175 cm³/mol. The van der Waals surface area contributed by atoms with Crippen molar-refractivity contribution in [3.05, 3.63) is 58.7 Å². The fraction of sp³-hybridized carbons (Fsp3) is 0.400. The summed E-state index contributed by atoms with van der Waals surface area (Å²) in [5.41, 5.74) is 3.65. The van der Waals surface area contributed by atoms with Gasteiger partial charge in [0.15, 0.2) is 0 Å². The van der Waals surface area contributed by atoms with Crippen LogP contribution in [-0.2, 0) is 0 Å². The molecule has 0 atom stereocenters. The Morgan fingerprint density at radius 2 is 0.550 bits per heavy atom. The molecule has 0 aliphatic heterocycles. The van der Waals surface area contributed by atoms with Crippen LogP contribution >= 0.6 is 0 Å². The normalized spacial score (nSPS) is 12.2. The Kier molecular flexibility index (Phi) is 7.26. The van der Waals surface area contributed by atoms with Gasteiger partial charge in [0.1, 0.15) is 0 Å². The van der Waals surface area contributed by atoms with Gasteiger partial charge >= 0.3 is 0 Å². The van der Waals surface area contributed by atoms with E-state index in [9.17, 15) is 0 Å². The molecule has 4 aromatic rings. The van der Waals surface area contributed by atoms with E-state index in [4.69, 9.17) is 0 Å². The molecule has 0 aliphatic rings. The summed E-state index contributed by atoms with van der Waals surface area (Å²) in [6, 6.07) is 13.3. The van der Waals surface area contributed by atoms with E-state index in [-0.39, 0.29) is 21.7 Å². The van der Waals surface area contributed by atoms with Crippen molar-refractivity contribution in [2.24, 2.45) is 21.7 Å². The van der Waals surface area contributed by atoms with Crippen molar-refractivity contribution in [1.82, 2.24) is 0 Å². The lowest BCUT2D eigenvalue weighted by Crippen LogP contribution is -2.01. The Balaban J connectivity index is 2.25. The Bertz CT molecular complexity index is 1590. The molecule has 0 spiro atoms. The van der Waals surface area contributed by atoms with Crippen LogP contribution in [0.2, 0.25) is 0 Å². The molecule has 0 heteroatoms. The van der Waals surface area contributed by atoms with Gasteiger partial charge in [0.25, 0.3) is 0 Å². The first-order chi connectivity index (χ1) is 18.3. The van der Waals surface area contributed by atoms with E-state index in [0.717, 1.165) is 43.8 Å². The molecule has 0 heterocycles. The van der Waals surface area contributed by atoms with Gasteiger partial charge in [-0.1, -0.05) is 71.6 Å². The minimum Gasteiger partial charge on any atom is -0.0919 e. The zero-order valence-corrected chi connectivity index (χ0v) is 26.5. The van der Waals surface area contributed by atoms with Gasteiger partial charge in [0, 0.05) is 43.9 Å². The highest BCUT2D eigenvalue weighted by molar-refractivity contribution is 6.26. The van der Waals surface area contributed by atoms with Gasteiger partial charge in [-0.25, -0.2) is 0 Å². The second-order valence-corrected chi connectivity index (χ2v) is 15.0. The average molecular weight is 523 g/mol. The molecule has 0 nitrogen and oxygen atoms in total. The summed E-state index contributed by atoms with van der Waals surface area (Å²) in [7, 11) is 0. The highest BCUT2D eigenvalue weighted by Crippen LogP contribution is 2.40. The van der Waals surface area contributed by atoms with Crippen LogP contribution in [0.3, 0.4) is 0 Å². The van der Waals surface area contributed by atoms with Crippen molar-refractivity contribution in [3.8, 4) is 47.4 Å². The maximum Gasteiger partial charge on any atom is 0.0336 e. The minimum atomic E-state index is -0.105. The van der Waals surface area contributed by atoms with Crippen molar-refractivity contribution >= 4 is 32.3 Å². The molecular weight excluding hydrogens is 480 g/mol. The van der Waals surface area contributed by atoms with Crippen LogP contribution in [0.1, 0.15) is 105 Å². The van der Waals surface area contributed by atoms with E-state index < -0.39 is 0 Å². The summed E-state index contributed by atoms with van der Waals surface area (Å²) < 4.78 is 0. The lowest BCUT2D eigenvalue weighted by atomic mass is 9.85. The molecule has 0 N–H and O–H groups in total. The first-order valence-corrected chi connectivity index (χ1v) is 14.2. The number of rotatable bonds is 0. The van der Waals surface area contributed by atoms with Crippen LogP contribution in [0.4, 0.5) is 0 Å². The molecule has 0 aliphatic carbocycles. The molecule has 0 fully saturated rings. The molecule has 0 bridgehead atoms. The molecule has 40 heavy (non-hydrogen) atoms. The molecule has 0 radical (unpaired) electrons. The summed E-state index contributed by atoms with van der Waals surface area (Å²) in [5, 5.41) is 7.02. The number of hydrogen-bond acceptors (Lipinski definition) is 0. The molecule has 0 saturated heterocycles. The smallest absolute Gasteiger partial charge is 0.0336 e. The predicted octanol–water partition coefficient (Wildman–Crippen LogP) is 10.2. The van der Waals surface area contributed by atoms with Gasteiger partial charge in [-0.15, -0.1) is 0 Å². The van der Waals surface area contributed by atoms with Gasteiger partial charge in [0.2, 0.25) is 0 Å². The largest absolute Gasteiger partial charge is 0.0919 e. The van der Waals surface area contributed by atoms with Gasteiger partial charge < -0.3 is 0 Å². The number of hydrogen-bond donors (Lipinski definition) is 0. The second-order valence-electron chi connectivity index (χ2n) is 15.0. The lowest BCUT2D eigenvalue weighted by Gasteiger charge is -2.17. The fourth-order valence-electron chi connectivity index (χ4n) is 4.43. The van der Waals surface area contributed by atoms with Crippen LogP contribution < -0.4 is 0 Å². The molecule has 4 aromatic carbocycles.